The van der Waals surface area contributed by atoms with Crippen molar-refractivity contribution in [1.29, 1.82) is 0 Å². The molecule has 0 aliphatic heterocycles. The molecule has 0 radical (unpaired) electrons. The predicted molar refractivity (Wildman–Crippen MR) is 121 cm³/mol. The molecule has 43 heavy (non-hydrogen) atoms. The van der Waals surface area contributed by atoms with Crippen LogP contribution >= 0.6 is 0 Å². The van der Waals surface area contributed by atoms with E-state index in [4.69, 9.17) is 22.9 Å². The van der Waals surface area contributed by atoms with Crippen molar-refractivity contribution in [3.8, 4) is 0 Å². The molecule has 8 N–H and O–H groups in total. The van der Waals surface area contributed by atoms with E-state index in [9.17, 15) is 72.5 Å². The summed E-state index contributed by atoms with van der Waals surface area (Å²) in [5.41, 5.74) is 24.2. The van der Waals surface area contributed by atoms with Gasteiger partial charge in [0.05, 0.1) is 22.7 Å². The van der Waals surface area contributed by atoms with Crippen LogP contribution in [0.2, 0.25) is 0 Å². The Balaban J connectivity index is -0.000000503. The van der Waals surface area contributed by atoms with Crippen LogP contribution in [-0.4, -0.2) is 36.3 Å². The number of benzene rings is 2. The Bertz CT molecular complexity index is 1100. The van der Waals surface area contributed by atoms with Crippen molar-refractivity contribution in [3.05, 3.63) is 72.2 Å². The van der Waals surface area contributed by atoms with E-state index in [0.717, 1.165) is 0 Å². The first kappa shape index (κ1) is 43.2. The Labute approximate surface area is 243 Å². The number of rotatable bonds is 2. The van der Waals surface area contributed by atoms with Crippen molar-refractivity contribution in [2.24, 2.45) is 0 Å². The monoisotopic (exact) mass is 688 g/mol. The average Bonchev–Trinajstić information content (AvgIpc) is 2.81. The summed E-state index contributed by atoms with van der Waals surface area (Å²) in [7, 11) is 0. The number of hydrogen-bond acceptors (Lipinski definition) is 8. The molecule has 0 fully saturated rings. The standard InChI is InChI=1S/2C6H8N2.2C5H2F6O2.Ni/c2*7-5-3-1-2-4-6(5)8;2*6-4(7,8)2(12)1-3(13)5(9,10)11;/h2*1-4H,7-8H2;2*1,12H;/q;;;;+2/p-2/b;;2*2-1-;. The number of nitrogen functional groups attached to an aromatic ring is 4. The van der Waals surface area contributed by atoms with Gasteiger partial charge < -0.3 is 33.1 Å². The minimum atomic E-state index is -5.46. The normalized spacial score (nSPS) is 12.1. The number of carbonyl (C=O) groups excluding carboxylic acids is 2. The van der Waals surface area contributed by atoms with Crippen LogP contribution in [0.3, 0.4) is 0 Å². The molecule has 244 valence electrons. The maximum atomic E-state index is 11.3. The number of para-hydroxylation sites is 4. The predicted octanol–water partition coefficient (Wildman–Crippen LogP) is 3.55. The molecule has 0 aliphatic carbocycles. The largest absolute Gasteiger partial charge is 2.00 e. The summed E-state index contributed by atoms with van der Waals surface area (Å²) in [6, 6.07) is 14.5. The summed E-state index contributed by atoms with van der Waals surface area (Å²) in [5, 5.41) is 19.6. The molecule has 0 bridgehead atoms. The third kappa shape index (κ3) is 19.5. The first-order valence-corrected chi connectivity index (χ1v) is 10.0. The molecule has 2 aromatic rings. The van der Waals surface area contributed by atoms with Crippen LogP contribution in [0.4, 0.5) is 75.4 Å². The van der Waals surface area contributed by atoms with Crippen molar-refractivity contribution in [3.63, 3.8) is 0 Å². The second kappa shape index (κ2) is 17.6. The molecule has 2 rings (SSSR count). The van der Waals surface area contributed by atoms with E-state index in [1.807, 2.05) is 24.3 Å². The summed E-state index contributed by atoms with van der Waals surface area (Å²) in [6.07, 6.45) is -23.9. The van der Waals surface area contributed by atoms with Gasteiger partial charge >= 0.3 is 41.2 Å². The molecule has 8 nitrogen and oxygen atoms in total. The zero-order valence-corrected chi connectivity index (χ0v) is 21.6. The zero-order valence-electron chi connectivity index (χ0n) is 20.6. The third-order valence-electron chi connectivity index (χ3n) is 3.63. The van der Waals surface area contributed by atoms with Gasteiger partial charge in [0.2, 0.25) is 0 Å². The maximum absolute atomic E-state index is 11.3. The van der Waals surface area contributed by atoms with Gasteiger partial charge in [-0.3, -0.25) is 9.59 Å². The molecule has 0 aromatic heterocycles. The zero-order chi connectivity index (χ0) is 33.7. The van der Waals surface area contributed by atoms with Crippen molar-refractivity contribution >= 4 is 34.3 Å². The van der Waals surface area contributed by atoms with Gasteiger partial charge in [0.15, 0.2) is 0 Å². The molecule has 0 aliphatic rings. The second-order valence-electron chi connectivity index (χ2n) is 6.99. The number of halogens is 12. The summed E-state index contributed by atoms with van der Waals surface area (Å²) in [5.74, 6) is -11.3. The van der Waals surface area contributed by atoms with Crippen molar-refractivity contribution in [2.45, 2.75) is 24.7 Å². The van der Waals surface area contributed by atoms with E-state index in [-0.39, 0.29) is 16.5 Å². The number of hydrogen-bond donors (Lipinski definition) is 4. The van der Waals surface area contributed by atoms with E-state index >= 15 is 0 Å². The Morgan fingerprint density at radius 3 is 0.791 bits per heavy atom. The number of allylic oxidation sites excluding steroid dienone is 4. The van der Waals surface area contributed by atoms with Gasteiger partial charge in [0.1, 0.15) is 0 Å². The Morgan fingerprint density at radius 1 is 0.488 bits per heavy atom. The van der Waals surface area contributed by atoms with E-state index in [0.29, 0.717) is 22.7 Å². The molecular formula is C22H18F12N4NiO4. The van der Waals surface area contributed by atoms with Crippen LogP contribution in [-0.2, 0) is 26.1 Å². The van der Waals surface area contributed by atoms with E-state index in [1.54, 1.807) is 24.3 Å². The van der Waals surface area contributed by atoms with Crippen LogP contribution < -0.4 is 33.1 Å². The van der Waals surface area contributed by atoms with Crippen LogP contribution in [0, 0.1) is 0 Å². The van der Waals surface area contributed by atoms with Crippen molar-refractivity contribution in [1.82, 2.24) is 0 Å². The van der Waals surface area contributed by atoms with Gasteiger partial charge in [-0.15, -0.1) is 0 Å². The van der Waals surface area contributed by atoms with E-state index in [2.05, 4.69) is 0 Å². The average molecular weight is 689 g/mol. The number of nitrogens with two attached hydrogens (primary N) is 4. The molecule has 0 unspecified atom stereocenters. The smallest absolute Gasteiger partial charge is 0.869 e. The Kier molecular flexibility index (Phi) is 17.7. The van der Waals surface area contributed by atoms with Gasteiger partial charge in [-0.05, 0) is 47.9 Å². The van der Waals surface area contributed by atoms with E-state index < -0.39 is 59.9 Å². The quantitative estimate of drug-likeness (QED) is 0.121. The van der Waals surface area contributed by atoms with Crippen molar-refractivity contribution < 1.29 is 89.0 Å². The van der Waals surface area contributed by atoms with Crippen LogP contribution in [0.5, 0.6) is 0 Å². The Hall–Kier alpha value is -4.29. The molecule has 0 saturated heterocycles. The van der Waals surface area contributed by atoms with Crippen LogP contribution in [0.15, 0.2) is 72.2 Å². The van der Waals surface area contributed by atoms with Crippen molar-refractivity contribution in [2.75, 3.05) is 22.9 Å². The molecular weight excluding hydrogens is 671 g/mol. The summed E-state index contributed by atoms with van der Waals surface area (Å²) in [4.78, 5) is 19.6. The molecule has 0 spiro atoms. The number of anilines is 4. The number of ketones is 2. The fraction of sp³-hybridized carbons (Fsp3) is 0.182. The van der Waals surface area contributed by atoms with Gasteiger partial charge in [-0.1, -0.05) is 24.3 Å². The number of alkyl halides is 12. The van der Waals surface area contributed by atoms with Crippen LogP contribution in [0.1, 0.15) is 0 Å². The first-order valence-electron chi connectivity index (χ1n) is 10.0. The first-order chi connectivity index (χ1) is 18.7. The third-order valence-corrected chi connectivity index (χ3v) is 3.63. The minimum absolute atomic E-state index is 0. The molecule has 21 heteroatoms. The van der Waals surface area contributed by atoms with Gasteiger partial charge in [0, 0.05) is 0 Å². The summed E-state index contributed by atoms with van der Waals surface area (Å²) in [6.45, 7) is 0. The summed E-state index contributed by atoms with van der Waals surface area (Å²) >= 11 is 0. The fourth-order valence-corrected chi connectivity index (χ4v) is 1.59. The molecule has 2 aromatic carbocycles. The molecule has 0 atom stereocenters. The van der Waals surface area contributed by atoms with Crippen LogP contribution in [0.25, 0.3) is 0 Å². The Morgan fingerprint density at radius 2 is 0.674 bits per heavy atom. The maximum Gasteiger partial charge on any atom is 2.00 e. The van der Waals surface area contributed by atoms with Gasteiger partial charge in [0.25, 0.3) is 11.6 Å². The topological polar surface area (TPSA) is 184 Å². The fourth-order valence-electron chi connectivity index (χ4n) is 1.59. The van der Waals surface area contributed by atoms with Gasteiger partial charge in [-0.2, -0.15) is 52.7 Å². The van der Waals surface area contributed by atoms with E-state index in [1.165, 1.54) is 0 Å². The molecule has 0 amide bonds. The number of carbonyl (C=O) groups is 2. The molecule has 0 saturated carbocycles. The second-order valence-corrected chi connectivity index (χ2v) is 6.99. The summed E-state index contributed by atoms with van der Waals surface area (Å²) < 4.78 is 136. The molecule has 0 heterocycles. The SMILES string of the molecule is Nc1ccccc1N.Nc1ccccc1N.O=C(/C=C(\[O-])C(F)(F)F)C(F)(F)F.O=C(/C=C(\[O-])C(F)(F)F)C(F)(F)F.[Ni+2]. The van der Waals surface area contributed by atoms with Gasteiger partial charge in [-0.25, -0.2) is 0 Å². The minimum Gasteiger partial charge on any atom is -0.869 e.